The summed E-state index contributed by atoms with van der Waals surface area (Å²) >= 11 is 0. The molecule has 2 aromatic carbocycles. The third-order valence-corrected chi connectivity index (χ3v) is 4.87. The zero-order valence-electron chi connectivity index (χ0n) is 17.3. The molecule has 3 rings (SSSR count). The van der Waals surface area contributed by atoms with Gasteiger partial charge in [-0.2, -0.15) is 0 Å². The Balaban J connectivity index is 1.54. The van der Waals surface area contributed by atoms with E-state index in [1.807, 2.05) is 50.2 Å². The van der Waals surface area contributed by atoms with Crippen LogP contribution < -0.4 is 24.3 Å². The number of carbonyl (C=O) groups is 1. The van der Waals surface area contributed by atoms with Gasteiger partial charge in [-0.15, -0.1) is 0 Å². The van der Waals surface area contributed by atoms with Crippen LogP contribution in [0.4, 0.5) is 0 Å². The number of amides is 1. The molecule has 0 aromatic heterocycles. The van der Waals surface area contributed by atoms with Crippen LogP contribution in [0.15, 0.2) is 36.4 Å². The van der Waals surface area contributed by atoms with E-state index in [1.54, 1.807) is 7.11 Å². The molecule has 0 radical (unpaired) electrons. The molecule has 0 aliphatic carbocycles. The van der Waals surface area contributed by atoms with E-state index < -0.39 is 0 Å². The maximum absolute atomic E-state index is 12.6. The van der Waals surface area contributed by atoms with Gasteiger partial charge in [0.15, 0.2) is 11.5 Å². The van der Waals surface area contributed by atoms with E-state index in [0.717, 1.165) is 40.5 Å². The first-order chi connectivity index (χ1) is 14.1. The van der Waals surface area contributed by atoms with Crippen LogP contribution in [0.1, 0.15) is 25.0 Å². The Morgan fingerprint density at radius 3 is 2.66 bits per heavy atom. The first kappa shape index (κ1) is 20.8. The van der Waals surface area contributed by atoms with Crippen LogP contribution in [-0.2, 0) is 17.6 Å². The molecule has 1 atom stereocenters. The molecule has 1 aliphatic heterocycles. The van der Waals surface area contributed by atoms with Crippen LogP contribution in [0.25, 0.3) is 0 Å². The second-order valence-electron chi connectivity index (χ2n) is 6.87. The summed E-state index contributed by atoms with van der Waals surface area (Å²) in [7, 11) is 1.63. The molecular formula is C23H29NO5. The fraction of sp³-hybridized carbons (Fsp3) is 0.435. The number of nitrogens with one attached hydrogen (secondary N) is 1. The lowest BCUT2D eigenvalue weighted by molar-refractivity contribution is -0.126. The second kappa shape index (κ2) is 10.0. The second-order valence-corrected chi connectivity index (χ2v) is 6.87. The normalized spacial score (nSPS) is 15.1. The van der Waals surface area contributed by atoms with E-state index in [1.165, 1.54) is 0 Å². The molecule has 0 saturated heterocycles. The highest BCUT2D eigenvalue weighted by Gasteiger charge is 2.26. The molecule has 0 unspecified atom stereocenters. The minimum atomic E-state index is -0.200. The highest BCUT2D eigenvalue weighted by atomic mass is 16.5. The first-order valence-electron chi connectivity index (χ1n) is 10.1. The van der Waals surface area contributed by atoms with Crippen molar-refractivity contribution in [2.75, 3.05) is 33.5 Å². The van der Waals surface area contributed by atoms with Crippen molar-refractivity contribution in [3.8, 4) is 23.0 Å². The number of benzene rings is 2. The summed E-state index contributed by atoms with van der Waals surface area (Å²) in [6.07, 6.45) is 1.37. The number of rotatable bonds is 9. The van der Waals surface area contributed by atoms with E-state index >= 15 is 0 Å². The lowest BCUT2D eigenvalue weighted by Crippen LogP contribution is -2.38. The van der Waals surface area contributed by atoms with Gasteiger partial charge in [0, 0.05) is 6.54 Å². The largest absolute Gasteiger partial charge is 0.497 e. The molecule has 6 nitrogen and oxygen atoms in total. The third-order valence-electron chi connectivity index (χ3n) is 4.87. The maximum Gasteiger partial charge on any atom is 0.226 e. The standard InChI is InChI=1S/C23H29NO5/c1-4-27-21-8-6-16(12-22(21)28-5-2)10-11-24-23(25)18-13-17-14-19(26-3)7-9-20(17)29-15-18/h6-9,12,14,18H,4-5,10-11,13,15H2,1-3H3,(H,24,25)/t18-/m0/s1. The Kier molecular flexibility index (Phi) is 7.22. The van der Waals surface area contributed by atoms with Crippen molar-refractivity contribution in [1.82, 2.24) is 5.32 Å². The van der Waals surface area contributed by atoms with E-state index in [0.29, 0.717) is 32.8 Å². The summed E-state index contributed by atoms with van der Waals surface area (Å²) in [4.78, 5) is 12.6. The quantitative estimate of drug-likeness (QED) is 0.700. The molecule has 29 heavy (non-hydrogen) atoms. The van der Waals surface area contributed by atoms with E-state index in [4.69, 9.17) is 18.9 Å². The fourth-order valence-corrected chi connectivity index (χ4v) is 3.39. The average Bonchev–Trinajstić information content (AvgIpc) is 2.74. The smallest absolute Gasteiger partial charge is 0.226 e. The minimum Gasteiger partial charge on any atom is -0.497 e. The summed E-state index contributed by atoms with van der Waals surface area (Å²) in [5, 5.41) is 3.03. The highest BCUT2D eigenvalue weighted by Crippen LogP contribution is 2.31. The molecule has 2 aromatic rings. The number of hydrogen-bond acceptors (Lipinski definition) is 5. The zero-order chi connectivity index (χ0) is 20.6. The monoisotopic (exact) mass is 399 g/mol. The van der Waals surface area contributed by atoms with Crippen LogP contribution in [0.2, 0.25) is 0 Å². The van der Waals surface area contributed by atoms with Gasteiger partial charge in [-0.25, -0.2) is 0 Å². The Morgan fingerprint density at radius 2 is 1.90 bits per heavy atom. The number of carbonyl (C=O) groups excluding carboxylic acids is 1. The zero-order valence-corrected chi connectivity index (χ0v) is 17.3. The number of hydrogen-bond donors (Lipinski definition) is 1. The van der Waals surface area contributed by atoms with Crippen molar-refractivity contribution in [1.29, 1.82) is 0 Å². The van der Waals surface area contributed by atoms with E-state index in [2.05, 4.69) is 5.32 Å². The van der Waals surface area contributed by atoms with Gasteiger partial charge in [-0.05, 0) is 68.1 Å². The maximum atomic E-state index is 12.6. The summed E-state index contributed by atoms with van der Waals surface area (Å²) in [6.45, 7) is 6.01. The molecule has 0 fully saturated rings. The lowest BCUT2D eigenvalue weighted by Gasteiger charge is -2.25. The molecule has 156 valence electrons. The molecule has 0 spiro atoms. The van der Waals surface area contributed by atoms with Gasteiger partial charge in [0.25, 0.3) is 0 Å². The van der Waals surface area contributed by atoms with Gasteiger partial charge in [0.05, 0.1) is 26.2 Å². The van der Waals surface area contributed by atoms with Gasteiger partial charge in [0.1, 0.15) is 18.1 Å². The first-order valence-corrected chi connectivity index (χ1v) is 10.1. The van der Waals surface area contributed by atoms with Crippen molar-refractivity contribution in [3.05, 3.63) is 47.5 Å². The molecular weight excluding hydrogens is 370 g/mol. The van der Waals surface area contributed by atoms with Gasteiger partial charge in [-0.1, -0.05) is 6.07 Å². The SMILES string of the molecule is CCOc1ccc(CCNC(=O)[C@@H]2COc3ccc(OC)cc3C2)cc1OCC. The minimum absolute atomic E-state index is 0.00874. The van der Waals surface area contributed by atoms with Crippen molar-refractivity contribution < 1.29 is 23.7 Å². The Morgan fingerprint density at radius 1 is 1.10 bits per heavy atom. The van der Waals surface area contributed by atoms with Crippen LogP contribution in [-0.4, -0.2) is 39.4 Å². The van der Waals surface area contributed by atoms with Gasteiger partial charge >= 0.3 is 0 Å². The predicted octanol–water partition coefficient (Wildman–Crippen LogP) is 3.40. The summed E-state index contributed by atoms with van der Waals surface area (Å²) in [5.41, 5.74) is 2.09. The molecule has 6 heteroatoms. The van der Waals surface area contributed by atoms with Gasteiger partial charge in [0.2, 0.25) is 5.91 Å². The van der Waals surface area contributed by atoms with Gasteiger partial charge in [-0.3, -0.25) is 4.79 Å². The van der Waals surface area contributed by atoms with Crippen molar-refractivity contribution in [2.45, 2.75) is 26.7 Å². The molecule has 0 saturated carbocycles. The molecule has 1 heterocycles. The average molecular weight is 399 g/mol. The predicted molar refractivity (Wildman–Crippen MR) is 111 cm³/mol. The molecule has 0 bridgehead atoms. The Bertz CT molecular complexity index is 836. The third kappa shape index (κ3) is 5.34. The summed E-state index contributed by atoms with van der Waals surface area (Å²) in [6, 6.07) is 11.6. The Hall–Kier alpha value is -2.89. The van der Waals surface area contributed by atoms with Crippen molar-refractivity contribution in [3.63, 3.8) is 0 Å². The van der Waals surface area contributed by atoms with Crippen LogP contribution in [0, 0.1) is 5.92 Å². The van der Waals surface area contributed by atoms with Crippen LogP contribution >= 0.6 is 0 Å². The Labute approximate surface area is 172 Å². The number of fused-ring (bicyclic) bond motifs is 1. The van der Waals surface area contributed by atoms with Crippen molar-refractivity contribution >= 4 is 5.91 Å². The van der Waals surface area contributed by atoms with Gasteiger partial charge < -0.3 is 24.3 Å². The fourth-order valence-electron chi connectivity index (χ4n) is 3.39. The van der Waals surface area contributed by atoms with Crippen LogP contribution in [0.5, 0.6) is 23.0 Å². The van der Waals surface area contributed by atoms with Crippen molar-refractivity contribution in [2.24, 2.45) is 5.92 Å². The summed E-state index contributed by atoms with van der Waals surface area (Å²) < 4.78 is 22.3. The molecule has 1 N–H and O–H groups in total. The van der Waals surface area contributed by atoms with E-state index in [-0.39, 0.29) is 11.8 Å². The molecule has 1 amide bonds. The van der Waals surface area contributed by atoms with Crippen LogP contribution in [0.3, 0.4) is 0 Å². The van der Waals surface area contributed by atoms with E-state index in [9.17, 15) is 4.79 Å². The topological polar surface area (TPSA) is 66.0 Å². The summed E-state index contributed by atoms with van der Waals surface area (Å²) in [5.74, 6) is 2.89. The lowest BCUT2D eigenvalue weighted by atomic mass is 9.95. The highest BCUT2D eigenvalue weighted by molar-refractivity contribution is 5.79. The number of methoxy groups -OCH3 is 1. The molecule has 1 aliphatic rings. The number of ether oxygens (including phenoxy) is 4.